The molecule has 1 amide bonds. The largest absolute Gasteiger partial charge is 0.497 e. The van der Waals surface area contributed by atoms with Gasteiger partial charge in [0.15, 0.2) is 0 Å². The molecule has 3 aromatic rings. The number of pyridine rings is 1. The van der Waals surface area contributed by atoms with Crippen molar-refractivity contribution in [2.24, 2.45) is 0 Å². The number of aromatic nitrogens is 1. The summed E-state index contributed by atoms with van der Waals surface area (Å²) in [7, 11) is 1.60. The van der Waals surface area contributed by atoms with Gasteiger partial charge in [-0.15, -0.1) is 11.8 Å². The van der Waals surface area contributed by atoms with Crippen molar-refractivity contribution < 1.29 is 9.53 Å². The van der Waals surface area contributed by atoms with Crippen molar-refractivity contribution in [2.45, 2.75) is 10.6 Å². The van der Waals surface area contributed by atoms with Gasteiger partial charge in [-0.25, -0.2) is 4.98 Å². The number of halogens is 1. The average Bonchev–Trinajstić information content (AvgIpc) is 2.68. The molecule has 1 aromatic heterocycles. The van der Waals surface area contributed by atoms with Crippen molar-refractivity contribution in [3.63, 3.8) is 0 Å². The first-order valence-electron chi connectivity index (χ1n) is 7.94. The number of methoxy groups -OCH3 is 1. The molecule has 3 rings (SSSR count). The van der Waals surface area contributed by atoms with Crippen molar-refractivity contribution in [2.75, 3.05) is 12.4 Å². The third-order valence-corrected chi connectivity index (χ3v) is 5.26. The van der Waals surface area contributed by atoms with Gasteiger partial charge < -0.3 is 10.1 Å². The molecule has 0 atom stereocenters. The predicted octanol–water partition coefficient (Wildman–Crippen LogP) is 5.29. The normalized spacial score (nSPS) is 10.4. The zero-order valence-corrected chi connectivity index (χ0v) is 15.7. The molecular weight excluding hydrogens is 368 g/mol. The molecule has 0 aliphatic carbocycles. The van der Waals surface area contributed by atoms with Crippen LogP contribution < -0.4 is 10.1 Å². The Hall–Kier alpha value is -2.50. The second-order valence-electron chi connectivity index (χ2n) is 5.44. The summed E-state index contributed by atoms with van der Waals surface area (Å²) in [4.78, 5) is 17.5. The Labute approximate surface area is 161 Å². The van der Waals surface area contributed by atoms with Crippen LogP contribution in [0.1, 0.15) is 15.9 Å². The third kappa shape index (κ3) is 4.56. The molecule has 2 aromatic carbocycles. The summed E-state index contributed by atoms with van der Waals surface area (Å²) >= 11 is 7.75. The van der Waals surface area contributed by atoms with Gasteiger partial charge in [0.1, 0.15) is 10.9 Å². The average molecular weight is 385 g/mol. The molecule has 0 unspecified atom stereocenters. The fourth-order valence-corrected chi connectivity index (χ4v) is 3.65. The molecule has 0 aliphatic rings. The molecule has 0 fully saturated rings. The highest BCUT2D eigenvalue weighted by molar-refractivity contribution is 7.98. The van der Waals surface area contributed by atoms with Crippen molar-refractivity contribution in [1.82, 2.24) is 4.98 Å². The number of rotatable bonds is 6. The number of carbonyl (C=O) groups excluding carboxylic acids is 1. The van der Waals surface area contributed by atoms with E-state index in [-0.39, 0.29) is 5.91 Å². The lowest BCUT2D eigenvalue weighted by Gasteiger charge is -2.11. The van der Waals surface area contributed by atoms with Gasteiger partial charge in [0.2, 0.25) is 0 Å². The van der Waals surface area contributed by atoms with Crippen LogP contribution in [0.3, 0.4) is 0 Å². The van der Waals surface area contributed by atoms with E-state index in [9.17, 15) is 4.79 Å². The summed E-state index contributed by atoms with van der Waals surface area (Å²) in [5.41, 5.74) is 2.34. The standard InChI is InChI=1S/C20H17ClN2O2S/c1-25-16-9-7-15(8-10-16)23-20(24)17-11-12-22-19(21)18(17)26-13-14-5-3-2-4-6-14/h2-12H,13H2,1H3,(H,23,24). The van der Waals surface area contributed by atoms with E-state index in [1.165, 1.54) is 18.0 Å². The van der Waals surface area contributed by atoms with Gasteiger partial charge in [-0.2, -0.15) is 0 Å². The van der Waals surface area contributed by atoms with Crippen molar-refractivity contribution in [3.8, 4) is 5.75 Å². The lowest BCUT2D eigenvalue weighted by Crippen LogP contribution is -2.13. The molecule has 1 heterocycles. The molecule has 0 saturated heterocycles. The molecule has 132 valence electrons. The van der Waals surface area contributed by atoms with Crippen LogP contribution in [0.5, 0.6) is 5.75 Å². The molecule has 0 aliphatic heterocycles. The Morgan fingerprint density at radius 3 is 2.54 bits per heavy atom. The smallest absolute Gasteiger partial charge is 0.256 e. The van der Waals surface area contributed by atoms with E-state index in [1.807, 2.05) is 30.3 Å². The number of ether oxygens (including phenoxy) is 1. The van der Waals surface area contributed by atoms with Gasteiger partial charge in [0, 0.05) is 17.6 Å². The Balaban J connectivity index is 1.77. The van der Waals surface area contributed by atoms with E-state index in [0.29, 0.717) is 27.1 Å². The number of nitrogens with one attached hydrogen (secondary N) is 1. The maximum atomic E-state index is 12.7. The van der Waals surface area contributed by atoms with Crippen molar-refractivity contribution in [3.05, 3.63) is 83.1 Å². The number of nitrogens with zero attached hydrogens (tertiary/aromatic N) is 1. The molecule has 0 radical (unpaired) electrons. The van der Waals surface area contributed by atoms with Gasteiger partial charge in [-0.05, 0) is 35.9 Å². The topological polar surface area (TPSA) is 51.2 Å². The number of anilines is 1. The summed E-state index contributed by atoms with van der Waals surface area (Å²) in [6.07, 6.45) is 1.54. The third-order valence-electron chi connectivity index (χ3n) is 3.68. The van der Waals surface area contributed by atoms with Crippen LogP contribution in [0.2, 0.25) is 5.15 Å². The molecule has 6 heteroatoms. The van der Waals surface area contributed by atoms with Crippen LogP contribution in [-0.4, -0.2) is 18.0 Å². The van der Waals surface area contributed by atoms with E-state index in [1.54, 1.807) is 37.4 Å². The Morgan fingerprint density at radius 1 is 1.12 bits per heavy atom. The number of amides is 1. The van der Waals surface area contributed by atoms with Crippen molar-refractivity contribution in [1.29, 1.82) is 0 Å². The predicted molar refractivity (Wildman–Crippen MR) is 106 cm³/mol. The van der Waals surface area contributed by atoms with Crippen LogP contribution in [0, 0.1) is 0 Å². The van der Waals surface area contributed by atoms with Crippen LogP contribution in [-0.2, 0) is 5.75 Å². The monoisotopic (exact) mass is 384 g/mol. The van der Waals surface area contributed by atoms with Gasteiger partial charge in [-0.1, -0.05) is 41.9 Å². The number of hydrogen-bond donors (Lipinski definition) is 1. The molecular formula is C20H17ClN2O2S. The summed E-state index contributed by atoms with van der Waals surface area (Å²) < 4.78 is 5.13. The lowest BCUT2D eigenvalue weighted by molar-refractivity contribution is 0.102. The maximum absolute atomic E-state index is 12.7. The SMILES string of the molecule is COc1ccc(NC(=O)c2ccnc(Cl)c2SCc2ccccc2)cc1. The molecule has 0 spiro atoms. The summed E-state index contributed by atoms with van der Waals surface area (Å²) in [5.74, 6) is 1.21. The highest BCUT2D eigenvalue weighted by Gasteiger charge is 2.16. The van der Waals surface area contributed by atoms with E-state index in [2.05, 4.69) is 10.3 Å². The maximum Gasteiger partial charge on any atom is 0.256 e. The Bertz CT molecular complexity index is 886. The Morgan fingerprint density at radius 2 is 1.85 bits per heavy atom. The summed E-state index contributed by atoms with van der Waals surface area (Å²) in [6.45, 7) is 0. The van der Waals surface area contributed by atoms with E-state index in [0.717, 1.165) is 11.3 Å². The van der Waals surface area contributed by atoms with Gasteiger partial charge in [0.05, 0.1) is 17.6 Å². The number of benzene rings is 2. The second-order valence-corrected chi connectivity index (χ2v) is 6.78. The van der Waals surface area contributed by atoms with Gasteiger partial charge in [0.25, 0.3) is 5.91 Å². The minimum absolute atomic E-state index is 0.227. The molecule has 0 saturated carbocycles. The quantitative estimate of drug-likeness (QED) is 0.463. The fourth-order valence-electron chi connectivity index (χ4n) is 2.34. The lowest BCUT2D eigenvalue weighted by atomic mass is 10.2. The van der Waals surface area contributed by atoms with E-state index in [4.69, 9.17) is 16.3 Å². The summed E-state index contributed by atoms with van der Waals surface area (Å²) in [5, 5.41) is 3.21. The van der Waals surface area contributed by atoms with Crippen LogP contribution >= 0.6 is 23.4 Å². The number of hydrogen-bond acceptors (Lipinski definition) is 4. The fraction of sp³-hybridized carbons (Fsp3) is 0.100. The first-order chi connectivity index (χ1) is 12.7. The minimum atomic E-state index is -0.227. The van der Waals surface area contributed by atoms with E-state index < -0.39 is 0 Å². The minimum Gasteiger partial charge on any atom is -0.497 e. The summed E-state index contributed by atoms with van der Waals surface area (Å²) in [6, 6.07) is 18.9. The van der Waals surface area contributed by atoms with Crippen LogP contribution in [0.25, 0.3) is 0 Å². The van der Waals surface area contributed by atoms with Crippen LogP contribution in [0.15, 0.2) is 71.8 Å². The first kappa shape index (κ1) is 18.3. The highest BCUT2D eigenvalue weighted by Crippen LogP contribution is 2.32. The van der Waals surface area contributed by atoms with Crippen LogP contribution in [0.4, 0.5) is 5.69 Å². The number of carbonyl (C=O) groups is 1. The molecule has 0 bridgehead atoms. The van der Waals surface area contributed by atoms with E-state index >= 15 is 0 Å². The van der Waals surface area contributed by atoms with Gasteiger partial charge in [-0.3, -0.25) is 4.79 Å². The molecule has 26 heavy (non-hydrogen) atoms. The zero-order valence-electron chi connectivity index (χ0n) is 14.1. The highest BCUT2D eigenvalue weighted by atomic mass is 35.5. The second kappa shape index (κ2) is 8.74. The number of thioether (sulfide) groups is 1. The molecule has 4 nitrogen and oxygen atoms in total. The molecule has 1 N–H and O–H groups in total. The first-order valence-corrected chi connectivity index (χ1v) is 9.30. The van der Waals surface area contributed by atoms with Crippen molar-refractivity contribution >= 4 is 35.0 Å². The van der Waals surface area contributed by atoms with Gasteiger partial charge >= 0.3 is 0 Å². The zero-order chi connectivity index (χ0) is 18.4. The Kier molecular flexibility index (Phi) is 6.15.